The number of hydrogen-bond acceptors (Lipinski definition) is 3. The van der Waals surface area contributed by atoms with Gasteiger partial charge in [0.15, 0.2) is 0 Å². The number of piperidine rings is 1. The number of hydrogen-bond donors (Lipinski definition) is 1. The number of nitrogens with zero attached hydrogens (tertiary/aromatic N) is 2. The summed E-state index contributed by atoms with van der Waals surface area (Å²) in [5.41, 5.74) is 1.56. The summed E-state index contributed by atoms with van der Waals surface area (Å²) < 4.78 is 14.0. The van der Waals surface area contributed by atoms with E-state index in [-0.39, 0.29) is 11.6 Å². The number of nitrogens with one attached hydrogen (secondary N) is 1. The van der Waals surface area contributed by atoms with Gasteiger partial charge in [-0.25, -0.2) is 4.39 Å². The average Bonchev–Trinajstić information content (AvgIpc) is 2.58. The van der Waals surface area contributed by atoms with Gasteiger partial charge in [0.1, 0.15) is 5.82 Å². The van der Waals surface area contributed by atoms with Gasteiger partial charge in [-0.2, -0.15) is 0 Å². The molecule has 0 saturated carbocycles. The second-order valence-electron chi connectivity index (χ2n) is 5.41. The van der Waals surface area contributed by atoms with Crippen LogP contribution >= 0.6 is 0 Å². The van der Waals surface area contributed by atoms with Crippen LogP contribution in [0.2, 0.25) is 0 Å². The molecule has 0 aliphatic carbocycles. The van der Waals surface area contributed by atoms with Gasteiger partial charge < -0.3 is 10.2 Å². The standard InChI is InChI=1S/C17H18FN3O/c18-15-7-6-14(21-9-2-1-3-10-21)11-16(15)20-17(22)13-5-4-8-19-12-13/h4-8,11-12H,1-3,9-10H2,(H,20,22). The molecule has 4 nitrogen and oxygen atoms in total. The maximum atomic E-state index is 14.0. The highest BCUT2D eigenvalue weighted by atomic mass is 19.1. The van der Waals surface area contributed by atoms with E-state index in [1.165, 1.54) is 18.7 Å². The van der Waals surface area contributed by atoms with Crippen molar-refractivity contribution in [1.82, 2.24) is 4.98 Å². The van der Waals surface area contributed by atoms with Crippen molar-refractivity contribution in [2.45, 2.75) is 19.3 Å². The molecule has 0 bridgehead atoms. The Morgan fingerprint density at radius 3 is 2.73 bits per heavy atom. The summed E-state index contributed by atoms with van der Waals surface area (Å²) in [4.78, 5) is 18.2. The Hall–Kier alpha value is -2.43. The van der Waals surface area contributed by atoms with Crippen molar-refractivity contribution in [3.63, 3.8) is 0 Å². The van der Waals surface area contributed by atoms with Crippen LogP contribution in [0, 0.1) is 5.82 Å². The van der Waals surface area contributed by atoms with Crippen LogP contribution in [0.1, 0.15) is 29.6 Å². The van der Waals surface area contributed by atoms with Crippen LogP contribution in [0.5, 0.6) is 0 Å². The van der Waals surface area contributed by atoms with Crippen LogP contribution in [0.4, 0.5) is 15.8 Å². The summed E-state index contributed by atoms with van der Waals surface area (Å²) in [5, 5.41) is 2.63. The normalized spacial score (nSPS) is 14.7. The highest BCUT2D eigenvalue weighted by molar-refractivity contribution is 6.04. The van der Waals surface area contributed by atoms with E-state index in [1.54, 1.807) is 30.5 Å². The topological polar surface area (TPSA) is 45.2 Å². The third kappa shape index (κ3) is 3.24. The molecule has 1 aliphatic heterocycles. The Balaban J connectivity index is 1.79. The molecular weight excluding hydrogens is 281 g/mol. The monoisotopic (exact) mass is 299 g/mol. The number of halogens is 1. The molecule has 5 heteroatoms. The van der Waals surface area contributed by atoms with Gasteiger partial charge in [0.05, 0.1) is 11.3 Å². The molecule has 0 unspecified atom stereocenters. The third-order valence-electron chi connectivity index (χ3n) is 3.84. The first-order valence-corrected chi connectivity index (χ1v) is 7.50. The van der Waals surface area contributed by atoms with Gasteiger partial charge >= 0.3 is 0 Å². The molecular formula is C17H18FN3O. The first-order valence-electron chi connectivity index (χ1n) is 7.50. The smallest absolute Gasteiger partial charge is 0.257 e. The fraction of sp³-hybridized carbons (Fsp3) is 0.294. The number of pyridine rings is 1. The van der Waals surface area contributed by atoms with Crippen molar-refractivity contribution in [1.29, 1.82) is 0 Å². The van der Waals surface area contributed by atoms with Crippen molar-refractivity contribution in [2.24, 2.45) is 0 Å². The van der Waals surface area contributed by atoms with Gasteiger partial charge in [0.25, 0.3) is 5.91 Å². The summed E-state index contributed by atoms with van der Waals surface area (Å²) in [6, 6.07) is 8.20. The summed E-state index contributed by atoms with van der Waals surface area (Å²) >= 11 is 0. The molecule has 2 heterocycles. The Bertz CT molecular complexity index is 654. The minimum atomic E-state index is -0.432. The SMILES string of the molecule is O=C(Nc1cc(N2CCCCC2)ccc1F)c1cccnc1. The molecule has 1 amide bonds. The van der Waals surface area contributed by atoms with Crippen LogP contribution < -0.4 is 10.2 Å². The zero-order valence-electron chi connectivity index (χ0n) is 12.3. The van der Waals surface area contributed by atoms with E-state index in [9.17, 15) is 9.18 Å². The quantitative estimate of drug-likeness (QED) is 0.944. The van der Waals surface area contributed by atoms with E-state index in [2.05, 4.69) is 15.2 Å². The van der Waals surface area contributed by atoms with Gasteiger partial charge in [-0.05, 0) is 49.6 Å². The molecule has 2 aromatic rings. The fourth-order valence-electron chi connectivity index (χ4n) is 2.65. The number of anilines is 2. The van der Waals surface area contributed by atoms with Gasteiger partial charge in [-0.15, -0.1) is 0 Å². The molecule has 0 radical (unpaired) electrons. The lowest BCUT2D eigenvalue weighted by atomic mass is 10.1. The Morgan fingerprint density at radius 2 is 2.00 bits per heavy atom. The van der Waals surface area contributed by atoms with Crippen LogP contribution in [-0.4, -0.2) is 24.0 Å². The lowest BCUT2D eigenvalue weighted by molar-refractivity contribution is 0.102. The van der Waals surface area contributed by atoms with E-state index < -0.39 is 5.82 Å². The number of carbonyl (C=O) groups excluding carboxylic acids is 1. The molecule has 0 spiro atoms. The van der Waals surface area contributed by atoms with Gasteiger partial charge in [0.2, 0.25) is 0 Å². The van der Waals surface area contributed by atoms with E-state index in [0.717, 1.165) is 31.6 Å². The van der Waals surface area contributed by atoms with E-state index in [1.807, 2.05) is 0 Å². The largest absolute Gasteiger partial charge is 0.371 e. The van der Waals surface area contributed by atoms with Crippen molar-refractivity contribution in [2.75, 3.05) is 23.3 Å². The number of carbonyl (C=O) groups is 1. The number of amides is 1. The molecule has 1 saturated heterocycles. The van der Waals surface area contributed by atoms with Crippen molar-refractivity contribution < 1.29 is 9.18 Å². The molecule has 0 atom stereocenters. The first-order chi connectivity index (χ1) is 10.7. The van der Waals surface area contributed by atoms with Gasteiger partial charge in [0, 0.05) is 31.2 Å². The highest BCUT2D eigenvalue weighted by Crippen LogP contribution is 2.25. The Labute approximate surface area is 129 Å². The average molecular weight is 299 g/mol. The molecule has 3 rings (SSSR count). The van der Waals surface area contributed by atoms with E-state index in [4.69, 9.17) is 0 Å². The van der Waals surface area contributed by atoms with E-state index >= 15 is 0 Å². The zero-order valence-corrected chi connectivity index (χ0v) is 12.3. The summed E-state index contributed by atoms with van der Waals surface area (Å²) in [6.45, 7) is 1.95. The van der Waals surface area contributed by atoms with Crippen molar-refractivity contribution in [3.8, 4) is 0 Å². The molecule has 114 valence electrons. The molecule has 1 N–H and O–H groups in total. The number of benzene rings is 1. The first kappa shape index (κ1) is 14.5. The maximum Gasteiger partial charge on any atom is 0.257 e. The zero-order chi connectivity index (χ0) is 15.4. The number of rotatable bonds is 3. The highest BCUT2D eigenvalue weighted by Gasteiger charge is 2.14. The third-order valence-corrected chi connectivity index (χ3v) is 3.84. The Morgan fingerprint density at radius 1 is 1.18 bits per heavy atom. The van der Waals surface area contributed by atoms with Crippen molar-refractivity contribution >= 4 is 17.3 Å². The summed E-state index contributed by atoms with van der Waals surface area (Å²) in [7, 11) is 0. The maximum absolute atomic E-state index is 14.0. The molecule has 1 aliphatic rings. The van der Waals surface area contributed by atoms with Crippen LogP contribution in [-0.2, 0) is 0 Å². The van der Waals surface area contributed by atoms with Crippen LogP contribution in [0.3, 0.4) is 0 Å². The second-order valence-corrected chi connectivity index (χ2v) is 5.41. The minimum absolute atomic E-state index is 0.205. The van der Waals surface area contributed by atoms with Gasteiger partial charge in [-0.3, -0.25) is 9.78 Å². The fourth-order valence-corrected chi connectivity index (χ4v) is 2.65. The van der Waals surface area contributed by atoms with Gasteiger partial charge in [-0.1, -0.05) is 0 Å². The van der Waals surface area contributed by atoms with E-state index in [0.29, 0.717) is 5.56 Å². The molecule has 1 aromatic heterocycles. The van der Waals surface area contributed by atoms with Crippen molar-refractivity contribution in [3.05, 3.63) is 54.1 Å². The molecule has 1 aromatic carbocycles. The predicted molar refractivity (Wildman–Crippen MR) is 84.7 cm³/mol. The predicted octanol–water partition coefficient (Wildman–Crippen LogP) is 3.46. The molecule has 1 fully saturated rings. The summed E-state index contributed by atoms with van der Waals surface area (Å²) in [5.74, 6) is -0.791. The minimum Gasteiger partial charge on any atom is -0.371 e. The van der Waals surface area contributed by atoms with Crippen LogP contribution in [0.25, 0.3) is 0 Å². The lowest BCUT2D eigenvalue weighted by Gasteiger charge is -2.29. The number of aromatic nitrogens is 1. The molecule has 22 heavy (non-hydrogen) atoms. The Kier molecular flexibility index (Phi) is 4.32. The summed E-state index contributed by atoms with van der Waals surface area (Å²) in [6.07, 6.45) is 6.59. The second kappa shape index (κ2) is 6.56. The van der Waals surface area contributed by atoms with Crippen LogP contribution in [0.15, 0.2) is 42.7 Å². The lowest BCUT2D eigenvalue weighted by Crippen LogP contribution is -2.29.